The highest BCUT2D eigenvalue weighted by Crippen LogP contribution is 2.19. The molecule has 0 heterocycles. The molecule has 0 atom stereocenters. The van der Waals surface area contributed by atoms with Crippen molar-refractivity contribution in [1.82, 2.24) is 0 Å². The summed E-state index contributed by atoms with van der Waals surface area (Å²) in [5.41, 5.74) is 0.593. The van der Waals surface area contributed by atoms with E-state index in [1.807, 2.05) is 0 Å². The summed E-state index contributed by atoms with van der Waals surface area (Å²) in [6.45, 7) is -0.548. The van der Waals surface area contributed by atoms with Gasteiger partial charge in [0.15, 0.2) is 6.61 Å². The number of hydrogen-bond donors (Lipinski definition) is 1. The van der Waals surface area contributed by atoms with Gasteiger partial charge in [-0.05, 0) is 35.9 Å². The van der Waals surface area contributed by atoms with Gasteiger partial charge in [0.05, 0.1) is 5.69 Å². The molecule has 2 rings (SSSR count). The zero-order valence-corrected chi connectivity index (χ0v) is 13.8. The van der Waals surface area contributed by atoms with E-state index in [0.717, 1.165) is 12.1 Å². The zero-order valence-electron chi connectivity index (χ0n) is 12.3. The van der Waals surface area contributed by atoms with Crippen molar-refractivity contribution in [2.45, 2.75) is 0 Å². The Hall–Kier alpha value is -2.37. The maximum Gasteiger partial charge on any atom is 0.331 e. The number of benzene rings is 2. The van der Waals surface area contributed by atoms with Crippen LogP contribution in [0.4, 0.5) is 10.1 Å². The van der Waals surface area contributed by atoms with Crippen LogP contribution in [0.2, 0.25) is 10.0 Å². The molecule has 0 unspecified atom stereocenters. The van der Waals surface area contributed by atoms with Crippen LogP contribution in [-0.2, 0) is 14.3 Å². The van der Waals surface area contributed by atoms with Gasteiger partial charge in [0.1, 0.15) is 5.82 Å². The summed E-state index contributed by atoms with van der Waals surface area (Å²) in [4.78, 5) is 23.2. The Bertz CT molecular complexity index is 793. The number of amides is 1. The maximum absolute atomic E-state index is 13.5. The van der Waals surface area contributed by atoms with Crippen LogP contribution in [-0.4, -0.2) is 18.5 Å². The highest BCUT2D eigenvalue weighted by atomic mass is 35.5. The van der Waals surface area contributed by atoms with E-state index in [0.29, 0.717) is 10.6 Å². The lowest BCUT2D eigenvalue weighted by Crippen LogP contribution is -2.20. The number of halogens is 3. The van der Waals surface area contributed by atoms with Crippen molar-refractivity contribution < 1.29 is 18.7 Å². The quantitative estimate of drug-likeness (QED) is 0.632. The molecule has 0 bridgehead atoms. The van der Waals surface area contributed by atoms with Gasteiger partial charge in [-0.3, -0.25) is 4.79 Å². The van der Waals surface area contributed by atoms with Gasteiger partial charge in [-0.15, -0.1) is 0 Å². The number of nitrogens with one attached hydrogen (secondary N) is 1. The molecule has 0 saturated heterocycles. The molecular formula is C17H12Cl2FNO3. The third-order valence-corrected chi connectivity index (χ3v) is 3.43. The van der Waals surface area contributed by atoms with Crippen LogP contribution in [0.25, 0.3) is 6.08 Å². The molecule has 0 aliphatic heterocycles. The van der Waals surface area contributed by atoms with Crippen molar-refractivity contribution in [3.05, 3.63) is 70.0 Å². The summed E-state index contributed by atoms with van der Waals surface area (Å²) in [5.74, 6) is -2.07. The molecule has 124 valence electrons. The van der Waals surface area contributed by atoms with Crippen LogP contribution in [0, 0.1) is 5.82 Å². The molecule has 2 aromatic rings. The smallest absolute Gasteiger partial charge is 0.331 e. The zero-order chi connectivity index (χ0) is 17.5. The average Bonchev–Trinajstić information content (AvgIpc) is 2.55. The van der Waals surface area contributed by atoms with Crippen molar-refractivity contribution in [3.63, 3.8) is 0 Å². The minimum atomic E-state index is -0.721. The third kappa shape index (κ3) is 5.37. The molecule has 0 radical (unpaired) electrons. The molecular weight excluding hydrogens is 356 g/mol. The van der Waals surface area contributed by atoms with Gasteiger partial charge in [0.2, 0.25) is 0 Å². The fourth-order valence-corrected chi connectivity index (χ4v) is 2.09. The second-order valence-corrected chi connectivity index (χ2v) is 5.48. The van der Waals surface area contributed by atoms with E-state index in [-0.39, 0.29) is 10.7 Å². The summed E-state index contributed by atoms with van der Waals surface area (Å²) in [7, 11) is 0. The van der Waals surface area contributed by atoms with Gasteiger partial charge in [-0.2, -0.15) is 0 Å². The van der Waals surface area contributed by atoms with Crippen LogP contribution in [0.15, 0.2) is 48.5 Å². The van der Waals surface area contributed by atoms with E-state index >= 15 is 0 Å². The van der Waals surface area contributed by atoms with Crippen molar-refractivity contribution >= 4 is 46.8 Å². The van der Waals surface area contributed by atoms with E-state index < -0.39 is 24.3 Å². The third-order valence-electron chi connectivity index (χ3n) is 2.85. The predicted octanol–water partition coefficient (Wildman–Crippen LogP) is 4.33. The second-order valence-electron chi connectivity index (χ2n) is 4.63. The molecule has 4 nitrogen and oxygen atoms in total. The summed E-state index contributed by atoms with van der Waals surface area (Å²) in [6, 6.07) is 10.7. The van der Waals surface area contributed by atoms with Gasteiger partial charge in [0.25, 0.3) is 5.91 Å². The normalized spacial score (nSPS) is 10.6. The molecule has 0 fully saturated rings. The van der Waals surface area contributed by atoms with Crippen molar-refractivity contribution in [1.29, 1.82) is 0 Å². The Balaban J connectivity index is 1.85. The van der Waals surface area contributed by atoms with Crippen molar-refractivity contribution in [2.75, 3.05) is 11.9 Å². The first-order chi connectivity index (χ1) is 11.5. The highest BCUT2D eigenvalue weighted by molar-refractivity contribution is 6.32. The molecule has 2 aromatic carbocycles. The molecule has 1 N–H and O–H groups in total. The predicted molar refractivity (Wildman–Crippen MR) is 91.5 cm³/mol. The molecule has 0 spiro atoms. The maximum atomic E-state index is 13.5. The Morgan fingerprint density at radius 1 is 1.17 bits per heavy atom. The molecule has 0 aliphatic rings. The van der Waals surface area contributed by atoms with Crippen molar-refractivity contribution in [2.24, 2.45) is 0 Å². The van der Waals surface area contributed by atoms with Gasteiger partial charge >= 0.3 is 5.97 Å². The Morgan fingerprint density at radius 3 is 2.62 bits per heavy atom. The van der Waals surface area contributed by atoms with Crippen LogP contribution < -0.4 is 5.32 Å². The number of rotatable bonds is 5. The molecule has 0 aromatic heterocycles. The molecule has 0 aliphatic carbocycles. The number of hydrogen-bond acceptors (Lipinski definition) is 3. The standard InChI is InChI=1S/C17H12Cl2FNO3/c18-12-6-7-15(14(20)9-12)21-16(22)10-24-17(23)8-5-11-3-1-2-4-13(11)19/h1-9H,10H2,(H,21,22)/b8-5+. The molecule has 1 amide bonds. The Kier molecular flexibility index (Phi) is 6.35. The van der Waals surface area contributed by atoms with Crippen LogP contribution >= 0.6 is 23.2 Å². The topological polar surface area (TPSA) is 55.4 Å². The lowest BCUT2D eigenvalue weighted by Gasteiger charge is -2.06. The number of anilines is 1. The summed E-state index contributed by atoms with van der Waals surface area (Å²) >= 11 is 11.6. The van der Waals surface area contributed by atoms with Crippen LogP contribution in [0.3, 0.4) is 0 Å². The van der Waals surface area contributed by atoms with Gasteiger partial charge in [0, 0.05) is 16.1 Å². The minimum Gasteiger partial charge on any atom is -0.452 e. The van der Waals surface area contributed by atoms with Crippen LogP contribution in [0.5, 0.6) is 0 Å². The number of carbonyl (C=O) groups excluding carboxylic acids is 2. The number of carbonyl (C=O) groups is 2. The monoisotopic (exact) mass is 367 g/mol. The Labute approximate surface area is 147 Å². The minimum absolute atomic E-state index is 0.0490. The lowest BCUT2D eigenvalue weighted by atomic mass is 10.2. The van der Waals surface area contributed by atoms with E-state index in [2.05, 4.69) is 5.32 Å². The van der Waals surface area contributed by atoms with E-state index in [1.165, 1.54) is 18.2 Å². The fraction of sp³-hybridized carbons (Fsp3) is 0.0588. The lowest BCUT2D eigenvalue weighted by molar-refractivity contribution is -0.142. The van der Waals surface area contributed by atoms with Gasteiger partial charge in [-0.25, -0.2) is 9.18 Å². The first-order valence-electron chi connectivity index (χ1n) is 6.80. The highest BCUT2D eigenvalue weighted by Gasteiger charge is 2.09. The summed E-state index contributed by atoms with van der Waals surface area (Å²) in [5, 5.41) is 2.97. The van der Waals surface area contributed by atoms with Crippen LogP contribution in [0.1, 0.15) is 5.56 Å². The second kappa shape index (κ2) is 8.47. The fourth-order valence-electron chi connectivity index (χ4n) is 1.73. The number of esters is 1. The summed E-state index contributed by atoms with van der Waals surface area (Å²) in [6.07, 6.45) is 2.62. The van der Waals surface area contributed by atoms with E-state index in [1.54, 1.807) is 24.3 Å². The Morgan fingerprint density at radius 2 is 1.92 bits per heavy atom. The van der Waals surface area contributed by atoms with Gasteiger partial charge in [-0.1, -0.05) is 41.4 Å². The van der Waals surface area contributed by atoms with E-state index in [9.17, 15) is 14.0 Å². The van der Waals surface area contributed by atoms with E-state index in [4.69, 9.17) is 27.9 Å². The molecule has 7 heteroatoms. The largest absolute Gasteiger partial charge is 0.452 e. The summed E-state index contributed by atoms with van der Waals surface area (Å²) < 4.78 is 18.3. The average molecular weight is 368 g/mol. The number of ether oxygens (including phenoxy) is 1. The molecule has 24 heavy (non-hydrogen) atoms. The SMILES string of the molecule is O=C(COC(=O)/C=C/c1ccccc1Cl)Nc1ccc(Cl)cc1F. The molecule has 0 saturated carbocycles. The first kappa shape index (κ1) is 18.0. The van der Waals surface area contributed by atoms with Gasteiger partial charge < -0.3 is 10.1 Å². The van der Waals surface area contributed by atoms with Crippen molar-refractivity contribution in [3.8, 4) is 0 Å². The first-order valence-corrected chi connectivity index (χ1v) is 7.55.